The zero-order chi connectivity index (χ0) is 24.8. The van der Waals surface area contributed by atoms with E-state index in [0.717, 1.165) is 13.8 Å². The van der Waals surface area contributed by atoms with Gasteiger partial charge in [0.2, 0.25) is 0 Å². The van der Waals surface area contributed by atoms with Gasteiger partial charge < -0.3 is 40.1 Å². The van der Waals surface area contributed by atoms with Gasteiger partial charge in [-0.05, 0) is 38.3 Å². The van der Waals surface area contributed by atoms with Crippen LogP contribution in [0.4, 0.5) is 0 Å². The van der Waals surface area contributed by atoms with Gasteiger partial charge in [-0.3, -0.25) is 9.59 Å². The summed E-state index contributed by atoms with van der Waals surface area (Å²) in [6, 6.07) is 0. The fourth-order valence-corrected chi connectivity index (χ4v) is 4.92. The van der Waals surface area contributed by atoms with Crippen LogP contribution >= 0.6 is 0 Å². The van der Waals surface area contributed by atoms with E-state index in [0.29, 0.717) is 6.42 Å². The van der Waals surface area contributed by atoms with Crippen LogP contribution in [0, 0.1) is 5.92 Å². The highest BCUT2D eigenvalue weighted by atomic mass is 16.6. The minimum Gasteiger partial charge on any atom is -0.479 e. The summed E-state index contributed by atoms with van der Waals surface area (Å²) >= 11 is 0. The maximum atomic E-state index is 12.3. The summed E-state index contributed by atoms with van der Waals surface area (Å²) in [5, 5.41) is 64.5. The lowest BCUT2D eigenvalue weighted by atomic mass is 9.73. The van der Waals surface area contributed by atoms with E-state index in [4.69, 9.17) is 9.47 Å². The lowest BCUT2D eigenvalue weighted by molar-refractivity contribution is -0.247. The fourth-order valence-electron chi connectivity index (χ4n) is 4.92. The summed E-state index contributed by atoms with van der Waals surface area (Å²) in [7, 11) is 0. The van der Waals surface area contributed by atoms with Crippen molar-refractivity contribution in [3.05, 3.63) is 11.1 Å². The third-order valence-corrected chi connectivity index (χ3v) is 6.65. The van der Waals surface area contributed by atoms with Crippen molar-refractivity contribution in [3.8, 4) is 0 Å². The first-order valence-corrected chi connectivity index (χ1v) is 10.4. The van der Waals surface area contributed by atoms with Crippen molar-refractivity contribution in [3.63, 3.8) is 0 Å². The number of hydrogen-bond donors (Lipinski definition) is 6. The number of aliphatic hydroxyl groups is 5. The van der Waals surface area contributed by atoms with Gasteiger partial charge in [-0.2, -0.15) is 0 Å². The number of rotatable bonds is 6. The van der Waals surface area contributed by atoms with Crippen LogP contribution in [0.3, 0.4) is 0 Å². The molecule has 0 unspecified atom stereocenters. The zero-order valence-corrected chi connectivity index (χ0v) is 18.7. The number of carboxylic acid groups (broad SMARTS) is 1. The van der Waals surface area contributed by atoms with E-state index in [1.165, 1.54) is 13.8 Å². The molecule has 0 amide bonds. The Morgan fingerprint density at radius 3 is 2.25 bits per heavy atom. The van der Waals surface area contributed by atoms with Crippen LogP contribution in [0.2, 0.25) is 0 Å². The van der Waals surface area contributed by atoms with Gasteiger partial charge in [0.15, 0.2) is 11.2 Å². The monoisotopic (exact) mass is 460 g/mol. The Bertz CT molecular complexity index is 819. The number of esters is 2. The summed E-state index contributed by atoms with van der Waals surface area (Å²) in [6.45, 7) is 6.20. The highest BCUT2D eigenvalue weighted by Gasteiger charge is 2.70. The average Bonchev–Trinajstić information content (AvgIpc) is 2.85. The van der Waals surface area contributed by atoms with Gasteiger partial charge in [-0.1, -0.05) is 6.92 Å². The second-order valence-corrected chi connectivity index (χ2v) is 9.00. The van der Waals surface area contributed by atoms with E-state index in [9.17, 15) is 45.0 Å². The Morgan fingerprint density at radius 1 is 1.22 bits per heavy atom. The molecular weight excluding hydrogens is 428 g/mol. The van der Waals surface area contributed by atoms with Crippen molar-refractivity contribution in [1.82, 2.24) is 0 Å². The first-order chi connectivity index (χ1) is 14.6. The van der Waals surface area contributed by atoms with Gasteiger partial charge >= 0.3 is 17.9 Å². The molecule has 0 aromatic heterocycles. The van der Waals surface area contributed by atoms with Gasteiger partial charge in [-0.25, -0.2) is 4.79 Å². The van der Waals surface area contributed by atoms with Crippen LogP contribution < -0.4 is 0 Å². The average molecular weight is 460 g/mol. The highest BCUT2D eigenvalue weighted by Crippen LogP contribution is 2.53. The summed E-state index contributed by atoms with van der Waals surface area (Å²) < 4.78 is 10.8. The first kappa shape index (κ1) is 26.2. The maximum Gasteiger partial charge on any atom is 0.338 e. The number of aliphatic carboxylic acids is 1. The lowest BCUT2D eigenvalue weighted by Gasteiger charge is -2.45. The summed E-state index contributed by atoms with van der Waals surface area (Å²) in [5.74, 6) is -4.85. The molecule has 2 rings (SSSR count). The third-order valence-electron chi connectivity index (χ3n) is 6.65. The Labute approximate surface area is 185 Å². The number of aliphatic hydroxyl groups excluding tert-OH is 3. The lowest BCUT2D eigenvalue weighted by Crippen LogP contribution is -2.70. The first-order valence-electron chi connectivity index (χ1n) is 10.4. The van der Waals surface area contributed by atoms with Crippen LogP contribution in [-0.2, 0) is 23.9 Å². The molecule has 0 aromatic carbocycles. The standard InChI is InChI=1S/C21H32O11/c1-6-7-12(23)31-11-8-19(4,32-10(3)22)14-13(9(2)15(24)16(14)25)17(26)21(11,30)20(5,29)18(27)28/h11,14-17,24-26,29-30H,6-8H2,1-5H3,(H,27,28)/t11-,14+,15-,16-,17-,19-,20+,21+/m0/s1. The van der Waals surface area contributed by atoms with Crippen LogP contribution in [0.5, 0.6) is 0 Å². The largest absolute Gasteiger partial charge is 0.479 e. The predicted octanol–water partition coefficient (Wildman–Crippen LogP) is -0.980. The van der Waals surface area contributed by atoms with E-state index in [-0.39, 0.29) is 17.6 Å². The van der Waals surface area contributed by atoms with Crippen LogP contribution in [0.1, 0.15) is 53.9 Å². The number of carboxylic acids is 1. The molecule has 0 aromatic rings. The Kier molecular flexibility index (Phi) is 7.13. The van der Waals surface area contributed by atoms with E-state index in [2.05, 4.69) is 0 Å². The van der Waals surface area contributed by atoms with Gasteiger partial charge in [0.1, 0.15) is 23.9 Å². The second-order valence-electron chi connectivity index (χ2n) is 9.00. The molecule has 6 N–H and O–H groups in total. The molecule has 0 radical (unpaired) electrons. The molecule has 182 valence electrons. The van der Waals surface area contributed by atoms with Crippen molar-refractivity contribution < 1.29 is 54.5 Å². The molecule has 32 heavy (non-hydrogen) atoms. The van der Waals surface area contributed by atoms with Gasteiger partial charge in [0.25, 0.3) is 0 Å². The van der Waals surface area contributed by atoms with Gasteiger partial charge in [-0.15, -0.1) is 0 Å². The molecule has 8 atom stereocenters. The summed E-state index contributed by atoms with van der Waals surface area (Å²) in [6.07, 6.45) is -7.49. The second kappa shape index (κ2) is 8.71. The van der Waals surface area contributed by atoms with Crippen molar-refractivity contribution in [2.45, 2.75) is 95.1 Å². The quantitative estimate of drug-likeness (QED) is 0.211. The third kappa shape index (κ3) is 3.92. The molecule has 0 heterocycles. The molecule has 2 aliphatic carbocycles. The molecule has 0 spiro atoms. The van der Waals surface area contributed by atoms with Crippen molar-refractivity contribution >= 4 is 17.9 Å². The van der Waals surface area contributed by atoms with Crippen molar-refractivity contribution in [2.24, 2.45) is 5.92 Å². The van der Waals surface area contributed by atoms with Crippen LogP contribution in [0.15, 0.2) is 11.1 Å². The summed E-state index contributed by atoms with van der Waals surface area (Å²) in [4.78, 5) is 36.2. The van der Waals surface area contributed by atoms with Crippen molar-refractivity contribution in [1.29, 1.82) is 0 Å². The molecule has 1 fully saturated rings. The van der Waals surface area contributed by atoms with Crippen molar-refractivity contribution in [2.75, 3.05) is 0 Å². The zero-order valence-electron chi connectivity index (χ0n) is 18.7. The number of carbonyl (C=O) groups excluding carboxylic acids is 2. The molecule has 11 nitrogen and oxygen atoms in total. The van der Waals surface area contributed by atoms with Gasteiger partial charge in [0, 0.05) is 19.8 Å². The topological polar surface area (TPSA) is 191 Å². The summed E-state index contributed by atoms with van der Waals surface area (Å²) in [5.41, 5.74) is -8.03. The maximum absolute atomic E-state index is 12.3. The Hall–Kier alpha value is -2.05. The minimum atomic E-state index is -3.05. The minimum absolute atomic E-state index is 0.00789. The highest BCUT2D eigenvalue weighted by molar-refractivity contribution is 5.79. The van der Waals surface area contributed by atoms with E-state index in [1.54, 1.807) is 6.92 Å². The molecule has 11 heteroatoms. The normalized spacial score (nSPS) is 39.0. The number of carbonyl (C=O) groups is 3. The SMILES string of the molecule is CCCC(=O)O[C@H]1C[C@](C)(OC(C)=O)[C@@H]2C(=C(C)[C@H](O)[C@H]2O)[C@H](O)[C@@]1(O)[C@](C)(O)C(=O)O. The van der Waals surface area contributed by atoms with E-state index in [1.807, 2.05) is 0 Å². The smallest absolute Gasteiger partial charge is 0.338 e. The molecular formula is C21H32O11. The van der Waals surface area contributed by atoms with Gasteiger partial charge in [0.05, 0.1) is 12.0 Å². The van der Waals surface area contributed by atoms with E-state index < -0.39 is 71.5 Å². The Morgan fingerprint density at radius 2 is 1.78 bits per heavy atom. The van der Waals surface area contributed by atoms with Crippen LogP contribution in [-0.4, -0.2) is 89.8 Å². The Balaban J connectivity index is 2.84. The molecule has 0 saturated heterocycles. The fraction of sp³-hybridized carbons (Fsp3) is 0.762. The predicted molar refractivity (Wildman–Crippen MR) is 107 cm³/mol. The van der Waals surface area contributed by atoms with E-state index >= 15 is 0 Å². The van der Waals surface area contributed by atoms with Crippen LogP contribution in [0.25, 0.3) is 0 Å². The number of fused-ring (bicyclic) bond motifs is 1. The molecule has 1 saturated carbocycles. The number of ether oxygens (including phenoxy) is 2. The molecule has 2 aliphatic rings. The number of hydrogen-bond acceptors (Lipinski definition) is 10. The molecule has 0 bridgehead atoms. The molecule has 0 aliphatic heterocycles.